The summed E-state index contributed by atoms with van der Waals surface area (Å²) in [5, 5.41) is 0.810. The molecule has 0 N–H and O–H groups in total. The zero-order valence-electron chi connectivity index (χ0n) is 14.2. The molecule has 0 radical (unpaired) electrons. The number of ether oxygens (including phenoxy) is 1. The molecule has 0 aromatic heterocycles. The fraction of sp³-hybridized carbons (Fsp3) is 0.364. The van der Waals surface area contributed by atoms with Gasteiger partial charge in [0, 0.05) is 5.02 Å². The third kappa shape index (κ3) is 4.49. The van der Waals surface area contributed by atoms with Crippen molar-refractivity contribution in [2.45, 2.75) is 44.1 Å². The van der Waals surface area contributed by atoms with Gasteiger partial charge in [-0.05, 0) is 54.4 Å². The number of halogens is 1. The van der Waals surface area contributed by atoms with Crippen LogP contribution in [0.4, 0.5) is 0 Å². The van der Waals surface area contributed by atoms with Gasteiger partial charge in [0.15, 0.2) is 0 Å². The highest BCUT2D eigenvalue weighted by Crippen LogP contribution is 2.40. The zero-order chi connectivity index (χ0) is 16.8. The van der Waals surface area contributed by atoms with Crippen LogP contribution in [0.2, 0.25) is 5.02 Å². The molecule has 2 heteroatoms. The molecule has 1 nitrogen and oxygen atoms in total. The highest BCUT2D eigenvalue weighted by atomic mass is 35.5. The molecular formula is C22H25ClO. The van der Waals surface area contributed by atoms with E-state index in [9.17, 15) is 0 Å². The Morgan fingerprint density at radius 3 is 2.38 bits per heavy atom. The van der Waals surface area contributed by atoms with Crippen LogP contribution < -0.4 is 0 Å². The number of benzene rings is 2. The molecule has 1 aliphatic carbocycles. The Balaban J connectivity index is 1.46. The monoisotopic (exact) mass is 340 g/mol. The quantitative estimate of drug-likeness (QED) is 0.623. The molecule has 0 bridgehead atoms. The van der Waals surface area contributed by atoms with Crippen molar-refractivity contribution >= 4 is 17.7 Å². The van der Waals surface area contributed by atoms with E-state index in [0.717, 1.165) is 17.9 Å². The normalized spacial score (nSPS) is 24.3. The average molecular weight is 341 g/mol. The third-order valence-electron chi connectivity index (χ3n) is 5.12. The highest BCUT2D eigenvalue weighted by molar-refractivity contribution is 6.30. The lowest BCUT2D eigenvalue weighted by atomic mass is 9.70. The van der Waals surface area contributed by atoms with Crippen LogP contribution >= 0.6 is 11.6 Å². The van der Waals surface area contributed by atoms with Crippen molar-refractivity contribution in [1.29, 1.82) is 0 Å². The Labute approximate surface area is 150 Å². The maximum Gasteiger partial charge on any atom is 0.0654 e. The number of hydrogen-bond donors (Lipinski definition) is 0. The predicted octanol–water partition coefficient (Wildman–Crippen LogP) is 6.27. The molecule has 0 aliphatic heterocycles. The summed E-state index contributed by atoms with van der Waals surface area (Å²) in [6, 6.07) is 18.7. The Bertz CT molecular complexity index is 652. The van der Waals surface area contributed by atoms with Crippen molar-refractivity contribution in [3.05, 3.63) is 76.8 Å². The minimum atomic E-state index is 0.254. The number of rotatable bonds is 5. The molecule has 1 saturated carbocycles. The van der Waals surface area contributed by atoms with E-state index in [2.05, 4.69) is 55.5 Å². The molecule has 0 atom stereocenters. The Morgan fingerprint density at radius 2 is 1.71 bits per heavy atom. The molecule has 1 aliphatic rings. The van der Waals surface area contributed by atoms with Crippen LogP contribution in [0.3, 0.4) is 0 Å². The van der Waals surface area contributed by atoms with Gasteiger partial charge in [-0.3, -0.25) is 0 Å². The minimum absolute atomic E-state index is 0.254. The van der Waals surface area contributed by atoms with Gasteiger partial charge in [-0.1, -0.05) is 73.1 Å². The van der Waals surface area contributed by atoms with Crippen molar-refractivity contribution in [2.75, 3.05) is 6.61 Å². The van der Waals surface area contributed by atoms with Gasteiger partial charge in [-0.15, -0.1) is 0 Å². The number of hydrogen-bond acceptors (Lipinski definition) is 1. The summed E-state index contributed by atoms with van der Waals surface area (Å²) >= 11 is 6.01. The van der Waals surface area contributed by atoms with Gasteiger partial charge < -0.3 is 4.74 Å². The van der Waals surface area contributed by atoms with Gasteiger partial charge in [0.05, 0.1) is 12.7 Å². The zero-order valence-corrected chi connectivity index (χ0v) is 15.0. The van der Waals surface area contributed by atoms with E-state index in [4.69, 9.17) is 16.3 Å². The molecular weight excluding hydrogens is 316 g/mol. The summed E-state index contributed by atoms with van der Waals surface area (Å²) in [6.45, 7) is 3.05. The molecule has 3 rings (SSSR count). The summed E-state index contributed by atoms with van der Waals surface area (Å²) in [7, 11) is 0. The van der Waals surface area contributed by atoms with Gasteiger partial charge in [-0.25, -0.2) is 0 Å². The largest absolute Gasteiger partial charge is 0.374 e. The molecule has 2 aromatic carbocycles. The summed E-state index contributed by atoms with van der Waals surface area (Å²) < 4.78 is 6.05. The Kier molecular flexibility index (Phi) is 5.76. The van der Waals surface area contributed by atoms with E-state index in [1.165, 1.54) is 24.0 Å². The van der Waals surface area contributed by atoms with Crippen LogP contribution in [0, 0.1) is 0 Å². The first-order valence-corrected chi connectivity index (χ1v) is 9.13. The van der Waals surface area contributed by atoms with Crippen LogP contribution in [0.5, 0.6) is 0 Å². The first-order valence-electron chi connectivity index (χ1n) is 8.75. The predicted molar refractivity (Wildman–Crippen MR) is 102 cm³/mol. The fourth-order valence-corrected chi connectivity index (χ4v) is 3.60. The first kappa shape index (κ1) is 17.3. The van der Waals surface area contributed by atoms with Gasteiger partial charge in [0.25, 0.3) is 0 Å². The molecule has 24 heavy (non-hydrogen) atoms. The second-order valence-electron chi connectivity index (χ2n) is 6.91. The molecule has 2 aromatic rings. The fourth-order valence-electron chi connectivity index (χ4n) is 3.48. The Hall–Kier alpha value is -1.57. The molecule has 126 valence electrons. The molecule has 0 heterocycles. The molecule has 0 unspecified atom stereocenters. The van der Waals surface area contributed by atoms with Crippen molar-refractivity contribution in [3.63, 3.8) is 0 Å². The third-order valence-corrected chi connectivity index (χ3v) is 5.37. The summed E-state index contributed by atoms with van der Waals surface area (Å²) in [5.74, 6) is 0. The first-order chi connectivity index (χ1) is 11.7. The van der Waals surface area contributed by atoms with Crippen LogP contribution in [0.15, 0.2) is 60.7 Å². The topological polar surface area (TPSA) is 9.23 Å². The van der Waals surface area contributed by atoms with E-state index in [0.29, 0.717) is 12.7 Å². The van der Waals surface area contributed by atoms with Crippen LogP contribution in [0.1, 0.15) is 43.7 Å². The average Bonchev–Trinajstić information content (AvgIpc) is 2.62. The van der Waals surface area contributed by atoms with Crippen molar-refractivity contribution < 1.29 is 4.74 Å². The summed E-state index contributed by atoms with van der Waals surface area (Å²) in [4.78, 5) is 0. The Morgan fingerprint density at radius 1 is 1.04 bits per heavy atom. The van der Waals surface area contributed by atoms with E-state index < -0.39 is 0 Å². The van der Waals surface area contributed by atoms with Gasteiger partial charge >= 0.3 is 0 Å². The lowest BCUT2D eigenvalue weighted by molar-refractivity contribution is 0.0305. The lowest BCUT2D eigenvalue weighted by Gasteiger charge is -2.37. The molecule has 0 spiro atoms. The van der Waals surface area contributed by atoms with Gasteiger partial charge in [-0.2, -0.15) is 0 Å². The maximum absolute atomic E-state index is 6.05. The highest BCUT2D eigenvalue weighted by Gasteiger charge is 2.32. The van der Waals surface area contributed by atoms with Crippen LogP contribution in [-0.4, -0.2) is 12.7 Å². The smallest absolute Gasteiger partial charge is 0.0654 e. The second-order valence-corrected chi connectivity index (χ2v) is 7.35. The van der Waals surface area contributed by atoms with Crippen LogP contribution in [-0.2, 0) is 10.2 Å². The van der Waals surface area contributed by atoms with Crippen molar-refractivity contribution in [2.24, 2.45) is 0 Å². The van der Waals surface area contributed by atoms with E-state index >= 15 is 0 Å². The van der Waals surface area contributed by atoms with E-state index in [1.807, 2.05) is 18.2 Å². The standard InChI is InChI=1S/C22H25ClO/c1-22(19-9-11-20(23)12-10-19)15-13-21(14-16-22)24-17-5-8-18-6-3-2-4-7-18/h2-12,21H,13-17H2,1H3/b8-5+/t21-,22-. The molecule has 1 fully saturated rings. The van der Waals surface area contributed by atoms with Crippen LogP contribution in [0.25, 0.3) is 6.08 Å². The second kappa shape index (κ2) is 8.00. The minimum Gasteiger partial charge on any atom is -0.374 e. The lowest BCUT2D eigenvalue weighted by Crippen LogP contribution is -2.32. The van der Waals surface area contributed by atoms with E-state index in [-0.39, 0.29) is 5.41 Å². The SMILES string of the molecule is C[C@]1(c2ccc(Cl)cc2)CC[C@H](OC/C=C/c2ccccc2)CC1. The summed E-state index contributed by atoms with van der Waals surface area (Å²) in [5.41, 5.74) is 2.87. The maximum atomic E-state index is 6.05. The van der Waals surface area contributed by atoms with Gasteiger partial charge in [0.2, 0.25) is 0 Å². The van der Waals surface area contributed by atoms with Crippen molar-refractivity contribution in [1.82, 2.24) is 0 Å². The summed E-state index contributed by atoms with van der Waals surface area (Å²) in [6.07, 6.45) is 9.20. The van der Waals surface area contributed by atoms with E-state index in [1.54, 1.807) is 0 Å². The van der Waals surface area contributed by atoms with Crippen molar-refractivity contribution in [3.8, 4) is 0 Å². The van der Waals surface area contributed by atoms with Gasteiger partial charge in [0.1, 0.15) is 0 Å². The molecule has 0 saturated heterocycles. The molecule has 0 amide bonds.